The van der Waals surface area contributed by atoms with Crippen molar-refractivity contribution < 1.29 is 9.59 Å². The van der Waals surface area contributed by atoms with Gasteiger partial charge in [-0.05, 0) is 12.8 Å². The molecule has 0 aliphatic heterocycles. The molecule has 78 valence electrons. The summed E-state index contributed by atoms with van der Waals surface area (Å²) in [5.41, 5.74) is 0.444. The van der Waals surface area contributed by atoms with Crippen LogP contribution in [0.2, 0.25) is 0 Å². The van der Waals surface area contributed by atoms with Crippen molar-refractivity contribution in [2.75, 3.05) is 0 Å². The van der Waals surface area contributed by atoms with Crippen LogP contribution >= 0.6 is 0 Å². The van der Waals surface area contributed by atoms with Crippen molar-refractivity contribution in [3.63, 3.8) is 0 Å². The van der Waals surface area contributed by atoms with E-state index in [1.807, 2.05) is 25.1 Å². The fourth-order valence-corrected chi connectivity index (χ4v) is 1.55. The molecule has 0 spiro atoms. The molecular formula is C13H14O2. The van der Waals surface area contributed by atoms with Crippen LogP contribution in [0.25, 0.3) is 0 Å². The smallest absolute Gasteiger partial charge is 0.170 e. The highest BCUT2D eigenvalue weighted by Crippen LogP contribution is 2.46. The van der Waals surface area contributed by atoms with Gasteiger partial charge in [0.05, 0.1) is 6.42 Å². The summed E-state index contributed by atoms with van der Waals surface area (Å²) < 4.78 is 0. The second kappa shape index (κ2) is 3.61. The highest BCUT2D eigenvalue weighted by molar-refractivity contribution is 6.10. The first-order chi connectivity index (χ1) is 7.12. The largest absolute Gasteiger partial charge is 0.299 e. The molecule has 0 radical (unpaired) electrons. The van der Waals surface area contributed by atoms with Crippen molar-refractivity contribution in [2.24, 2.45) is 5.41 Å². The molecule has 1 aromatic rings. The van der Waals surface area contributed by atoms with Gasteiger partial charge in [-0.3, -0.25) is 9.59 Å². The number of Topliss-reactive ketones (excluding diaryl/α,β-unsaturated/α-hetero) is 2. The van der Waals surface area contributed by atoms with E-state index < -0.39 is 0 Å². The molecule has 15 heavy (non-hydrogen) atoms. The zero-order valence-electron chi connectivity index (χ0n) is 8.82. The Morgan fingerprint density at radius 3 is 2.33 bits per heavy atom. The maximum atomic E-state index is 11.7. The first-order valence-corrected chi connectivity index (χ1v) is 5.23. The molecule has 2 nitrogen and oxygen atoms in total. The Morgan fingerprint density at radius 2 is 1.80 bits per heavy atom. The average Bonchev–Trinajstić information content (AvgIpc) is 2.99. The molecule has 1 aliphatic rings. The van der Waals surface area contributed by atoms with Gasteiger partial charge in [-0.25, -0.2) is 0 Å². The van der Waals surface area contributed by atoms with Crippen LogP contribution in [0.5, 0.6) is 0 Å². The Labute approximate surface area is 89.3 Å². The number of rotatable bonds is 4. The summed E-state index contributed by atoms with van der Waals surface area (Å²) in [5.74, 6) is 0.0325. The Morgan fingerprint density at radius 1 is 1.20 bits per heavy atom. The molecule has 1 aliphatic carbocycles. The predicted octanol–water partition coefficient (Wildman–Crippen LogP) is 2.63. The van der Waals surface area contributed by atoms with Gasteiger partial charge < -0.3 is 0 Å². The van der Waals surface area contributed by atoms with Gasteiger partial charge >= 0.3 is 0 Å². The van der Waals surface area contributed by atoms with Gasteiger partial charge in [0.25, 0.3) is 0 Å². The summed E-state index contributed by atoms with van der Waals surface area (Å²) in [6.45, 7) is 1.94. The molecule has 0 bridgehead atoms. The quantitative estimate of drug-likeness (QED) is 0.555. The maximum Gasteiger partial charge on any atom is 0.170 e. The van der Waals surface area contributed by atoms with E-state index in [1.165, 1.54) is 0 Å². The third-order valence-electron chi connectivity index (χ3n) is 3.09. The van der Waals surface area contributed by atoms with Crippen LogP contribution in [0.1, 0.15) is 36.5 Å². The van der Waals surface area contributed by atoms with Crippen LogP contribution in [0.4, 0.5) is 0 Å². The van der Waals surface area contributed by atoms with Gasteiger partial charge in [-0.1, -0.05) is 37.3 Å². The molecule has 0 saturated heterocycles. The first kappa shape index (κ1) is 10.1. The van der Waals surface area contributed by atoms with Crippen molar-refractivity contribution in [3.05, 3.63) is 35.9 Å². The van der Waals surface area contributed by atoms with E-state index >= 15 is 0 Å². The van der Waals surface area contributed by atoms with E-state index in [0.717, 1.165) is 12.8 Å². The highest BCUT2D eigenvalue weighted by atomic mass is 16.1. The lowest BCUT2D eigenvalue weighted by Crippen LogP contribution is -2.16. The second-order valence-corrected chi connectivity index (χ2v) is 4.45. The third kappa shape index (κ3) is 2.14. The van der Waals surface area contributed by atoms with E-state index in [2.05, 4.69) is 0 Å². The molecule has 2 rings (SSSR count). The monoisotopic (exact) mass is 202 g/mol. The standard InChI is InChI=1S/C13H14O2/c1-13(7-8-13)12(15)9-11(14)10-5-3-2-4-6-10/h2-6H,7-9H2,1H3. The SMILES string of the molecule is CC1(C(=O)CC(=O)c2ccccc2)CC1. The second-order valence-electron chi connectivity index (χ2n) is 4.45. The summed E-state index contributed by atoms with van der Waals surface area (Å²) in [5, 5.41) is 0. The molecule has 1 fully saturated rings. The van der Waals surface area contributed by atoms with Gasteiger partial charge in [0.1, 0.15) is 5.78 Å². The number of carbonyl (C=O) groups excluding carboxylic acids is 2. The van der Waals surface area contributed by atoms with Crippen molar-refractivity contribution in [1.82, 2.24) is 0 Å². The molecule has 1 saturated carbocycles. The number of ketones is 2. The Kier molecular flexibility index (Phi) is 2.43. The number of hydrogen-bond donors (Lipinski definition) is 0. The summed E-state index contributed by atoms with van der Waals surface area (Å²) in [6.07, 6.45) is 1.93. The summed E-state index contributed by atoms with van der Waals surface area (Å²) in [7, 11) is 0. The fraction of sp³-hybridized carbons (Fsp3) is 0.385. The lowest BCUT2D eigenvalue weighted by molar-refractivity contribution is -0.122. The molecule has 1 aromatic carbocycles. The summed E-state index contributed by atoms with van der Waals surface area (Å²) in [6, 6.07) is 9.00. The summed E-state index contributed by atoms with van der Waals surface area (Å²) in [4.78, 5) is 23.4. The van der Waals surface area contributed by atoms with Gasteiger partial charge in [-0.2, -0.15) is 0 Å². The normalized spacial score (nSPS) is 17.1. The maximum absolute atomic E-state index is 11.7. The number of hydrogen-bond acceptors (Lipinski definition) is 2. The minimum absolute atomic E-state index is 0.0561. The highest BCUT2D eigenvalue weighted by Gasteiger charge is 2.44. The van der Waals surface area contributed by atoms with Crippen LogP contribution in [-0.2, 0) is 4.79 Å². The average molecular weight is 202 g/mol. The lowest BCUT2D eigenvalue weighted by Gasteiger charge is -2.05. The van der Waals surface area contributed by atoms with Gasteiger partial charge in [-0.15, -0.1) is 0 Å². The number of benzene rings is 1. The fourth-order valence-electron chi connectivity index (χ4n) is 1.55. The van der Waals surface area contributed by atoms with Crippen LogP contribution in [0.15, 0.2) is 30.3 Å². The number of carbonyl (C=O) groups is 2. The van der Waals surface area contributed by atoms with Crippen LogP contribution in [0, 0.1) is 5.41 Å². The zero-order chi connectivity index (χ0) is 10.9. The molecule has 0 heterocycles. The Hall–Kier alpha value is -1.44. The molecular weight excluding hydrogens is 188 g/mol. The van der Waals surface area contributed by atoms with Crippen molar-refractivity contribution >= 4 is 11.6 Å². The lowest BCUT2D eigenvalue weighted by atomic mass is 9.96. The molecule has 2 heteroatoms. The summed E-state index contributed by atoms with van der Waals surface area (Å²) >= 11 is 0. The van der Waals surface area contributed by atoms with E-state index in [0.29, 0.717) is 5.56 Å². The molecule has 0 atom stereocenters. The predicted molar refractivity (Wildman–Crippen MR) is 57.7 cm³/mol. The van der Waals surface area contributed by atoms with Gasteiger partial charge in [0.15, 0.2) is 5.78 Å². The van der Waals surface area contributed by atoms with Crippen molar-refractivity contribution in [2.45, 2.75) is 26.2 Å². The Bertz CT molecular complexity index is 388. The third-order valence-corrected chi connectivity index (χ3v) is 3.09. The van der Waals surface area contributed by atoms with Crippen molar-refractivity contribution in [1.29, 1.82) is 0 Å². The zero-order valence-corrected chi connectivity index (χ0v) is 8.82. The van der Waals surface area contributed by atoms with Gasteiger partial charge in [0, 0.05) is 11.0 Å². The van der Waals surface area contributed by atoms with E-state index in [4.69, 9.17) is 0 Å². The van der Waals surface area contributed by atoms with E-state index in [1.54, 1.807) is 12.1 Å². The molecule has 0 aromatic heterocycles. The minimum atomic E-state index is -0.190. The first-order valence-electron chi connectivity index (χ1n) is 5.23. The van der Waals surface area contributed by atoms with Gasteiger partial charge in [0.2, 0.25) is 0 Å². The molecule has 0 unspecified atom stereocenters. The topological polar surface area (TPSA) is 34.1 Å². The Balaban J connectivity index is 2.02. The molecule has 0 N–H and O–H groups in total. The molecule has 0 amide bonds. The van der Waals surface area contributed by atoms with Crippen molar-refractivity contribution in [3.8, 4) is 0 Å². The van der Waals surface area contributed by atoms with Crippen LogP contribution in [-0.4, -0.2) is 11.6 Å². The van der Waals surface area contributed by atoms with Crippen LogP contribution < -0.4 is 0 Å². The van der Waals surface area contributed by atoms with Crippen LogP contribution in [0.3, 0.4) is 0 Å². The minimum Gasteiger partial charge on any atom is -0.299 e. The van der Waals surface area contributed by atoms with E-state index in [-0.39, 0.29) is 23.4 Å². The van der Waals surface area contributed by atoms with E-state index in [9.17, 15) is 9.59 Å².